The molecule has 0 unspecified atom stereocenters. The molecule has 0 saturated carbocycles. The molecule has 0 amide bonds. The van der Waals surface area contributed by atoms with Crippen LogP contribution in [0.5, 0.6) is 0 Å². The van der Waals surface area contributed by atoms with Crippen LogP contribution in [0, 0.1) is 17.1 Å². The number of aromatic nitrogens is 1. The van der Waals surface area contributed by atoms with Crippen LogP contribution in [0.1, 0.15) is 5.56 Å². The predicted octanol–water partition coefficient (Wildman–Crippen LogP) is 3.08. The SMILES string of the molecule is N#Cc1c(N2CCOCC2)ccnc1Sc1ccc(F)cc1. The molecular formula is C16H14FN3OS. The third-order valence-corrected chi connectivity index (χ3v) is 4.40. The monoisotopic (exact) mass is 315 g/mol. The quantitative estimate of drug-likeness (QED) is 0.871. The maximum Gasteiger partial charge on any atom is 0.123 e. The molecule has 0 spiro atoms. The van der Waals surface area contributed by atoms with Crippen LogP contribution in [0.2, 0.25) is 0 Å². The second-order valence-corrected chi connectivity index (χ2v) is 5.84. The Morgan fingerprint density at radius 3 is 2.59 bits per heavy atom. The summed E-state index contributed by atoms with van der Waals surface area (Å²) >= 11 is 1.37. The molecule has 0 atom stereocenters. The molecule has 6 heteroatoms. The van der Waals surface area contributed by atoms with E-state index < -0.39 is 0 Å². The van der Waals surface area contributed by atoms with E-state index in [0.29, 0.717) is 23.8 Å². The molecule has 1 aromatic carbocycles. The van der Waals surface area contributed by atoms with E-state index in [-0.39, 0.29) is 5.82 Å². The molecule has 0 bridgehead atoms. The normalized spacial score (nSPS) is 14.6. The average molecular weight is 315 g/mol. The molecule has 112 valence electrons. The van der Waals surface area contributed by atoms with Gasteiger partial charge in [0.1, 0.15) is 22.5 Å². The predicted molar refractivity (Wildman–Crippen MR) is 82.5 cm³/mol. The number of nitrogens with zero attached hydrogens (tertiary/aromatic N) is 3. The third-order valence-electron chi connectivity index (χ3n) is 3.39. The highest BCUT2D eigenvalue weighted by Gasteiger charge is 2.18. The van der Waals surface area contributed by atoms with Gasteiger partial charge in [0.05, 0.1) is 18.9 Å². The van der Waals surface area contributed by atoms with Crippen LogP contribution in [0.15, 0.2) is 46.5 Å². The fourth-order valence-corrected chi connectivity index (χ4v) is 3.16. The van der Waals surface area contributed by atoms with Crippen LogP contribution in [-0.2, 0) is 4.74 Å². The Kier molecular flexibility index (Phi) is 4.56. The Morgan fingerprint density at radius 1 is 1.18 bits per heavy atom. The fraction of sp³-hybridized carbons (Fsp3) is 0.250. The lowest BCUT2D eigenvalue weighted by molar-refractivity contribution is 0.122. The van der Waals surface area contributed by atoms with Gasteiger partial charge in [-0.05, 0) is 30.3 Å². The first-order valence-electron chi connectivity index (χ1n) is 6.93. The summed E-state index contributed by atoms with van der Waals surface area (Å²) < 4.78 is 18.3. The second-order valence-electron chi connectivity index (χ2n) is 4.78. The summed E-state index contributed by atoms with van der Waals surface area (Å²) in [5.41, 5.74) is 1.43. The molecular weight excluding hydrogens is 301 g/mol. The second kappa shape index (κ2) is 6.77. The van der Waals surface area contributed by atoms with Gasteiger partial charge in [-0.15, -0.1) is 0 Å². The van der Waals surface area contributed by atoms with Gasteiger partial charge < -0.3 is 9.64 Å². The molecule has 0 aliphatic carbocycles. The first-order chi connectivity index (χ1) is 10.8. The maximum absolute atomic E-state index is 13.0. The molecule has 0 radical (unpaired) electrons. The molecule has 2 heterocycles. The van der Waals surface area contributed by atoms with Gasteiger partial charge in [0.2, 0.25) is 0 Å². The van der Waals surface area contributed by atoms with Crippen LogP contribution in [0.4, 0.5) is 10.1 Å². The van der Waals surface area contributed by atoms with Gasteiger partial charge in [-0.3, -0.25) is 0 Å². The smallest absolute Gasteiger partial charge is 0.123 e. The third kappa shape index (κ3) is 3.21. The highest BCUT2D eigenvalue weighted by atomic mass is 32.2. The van der Waals surface area contributed by atoms with Crippen molar-refractivity contribution in [2.75, 3.05) is 31.2 Å². The Bertz CT molecular complexity index is 694. The van der Waals surface area contributed by atoms with Gasteiger partial charge in [-0.1, -0.05) is 11.8 Å². The van der Waals surface area contributed by atoms with Crippen LogP contribution in [0.25, 0.3) is 0 Å². The number of benzene rings is 1. The van der Waals surface area contributed by atoms with E-state index in [1.807, 2.05) is 6.07 Å². The molecule has 4 nitrogen and oxygen atoms in total. The number of pyridine rings is 1. The number of halogens is 1. The number of hydrogen-bond donors (Lipinski definition) is 0. The van der Waals surface area contributed by atoms with Gasteiger partial charge in [0.15, 0.2) is 0 Å². The molecule has 1 aromatic heterocycles. The topological polar surface area (TPSA) is 49.2 Å². The lowest BCUT2D eigenvalue weighted by Gasteiger charge is -2.29. The van der Waals surface area contributed by atoms with E-state index in [0.717, 1.165) is 23.7 Å². The van der Waals surface area contributed by atoms with E-state index in [2.05, 4.69) is 16.0 Å². The van der Waals surface area contributed by atoms with Crippen LogP contribution in [0.3, 0.4) is 0 Å². The molecule has 1 aliphatic heterocycles. The lowest BCUT2D eigenvalue weighted by Crippen LogP contribution is -2.36. The van der Waals surface area contributed by atoms with Crippen molar-refractivity contribution in [3.63, 3.8) is 0 Å². The van der Waals surface area contributed by atoms with E-state index in [1.54, 1.807) is 18.3 Å². The summed E-state index contributed by atoms with van der Waals surface area (Å²) in [6, 6.07) is 10.3. The van der Waals surface area contributed by atoms with Gasteiger partial charge in [-0.2, -0.15) is 5.26 Å². The molecule has 1 aliphatic rings. The van der Waals surface area contributed by atoms with Crippen molar-refractivity contribution in [1.29, 1.82) is 5.26 Å². The van der Waals surface area contributed by atoms with Crippen molar-refractivity contribution in [1.82, 2.24) is 4.98 Å². The van der Waals surface area contributed by atoms with E-state index in [9.17, 15) is 9.65 Å². The Balaban J connectivity index is 1.91. The number of nitriles is 1. The van der Waals surface area contributed by atoms with Crippen molar-refractivity contribution in [2.24, 2.45) is 0 Å². The number of morpholine rings is 1. The highest BCUT2D eigenvalue weighted by molar-refractivity contribution is 7.99. The molecule has 1 saturated heterocycles. The first-order valence-corrected chi connectivity index (χ1v) is 7.75. The van der Waals surface area contributed by atoms with Crippen molar-refractivity contribution < 1.29 is 9.13 Å². The van der Waals surface area contributed by atoms with Crippen molar-refractivity contribution in [3.05, 3.63) is 47.9 Å². The van der Waals surface area contributed by atoms with Crippen LogP contribution < -0.4 is 4.90 Å². The zero-order chi connectivity index (χ0) is 15.4. The maximum atomic E-state index is 13.0. The average Bonchev–Trinajstić information content (AvgIpc) is 2.57. The number of hydrogen-bond acceptors (Lipinski definition) is 5. The van der Waals surface area contributed by atoms with E-state index in [4.69, 9.17) is 4.74 Å². The summed E-state index contributed by atoms with van der Waals surface area (Å²) in [7, 11) is 0. The minimum absolute atomic E-state index is 0.278. The van der Waals surface area contributed by atoms with Gasteiger partial charge >= 0.3 is 0 Å². The van der Waals surface area contributed by atoms with Crippen molar-refractivity contribution in [3.8, 4) is 6.07 Å². The summed E-state index contributed by atoms with van der Waals surface area (Å²) in [4.78, 5) is 7.30. The lowest BCUT2D eigenvalue weighted by atomic mass is 10.2. The summed E-state index contributed by atoms with van der Waals surface area (Å²) in [5, 5.41) is 10.2. The zero-order valence-electron chi connectivity index (χ0n) is 11.8. The Hall–Kier alpha value is -2.10. The van der Waals surface area contributed by atoms with Crippen LogP contribution in [-0.4, -0.2) is 31.3 Å². The van der Waals surface area contributed by atoms with Crippen molar-refractivity contribution >= 4 is 17.4 Å². The Labute approximate surface area is 132 Å². The molecule has 0 N–H and O–H groups in total. The van der Waals surface area contributed by atoms with Crippen molar-refractivity contribution in [2.45, 2.75) is 9.92 Å². The Morgan fingerprint density at radius 2 is 1.91 bits per heavy atom. The van der Waals surface area contributed by atoms with Gasteiger partial charge in [-0.25, -0.2) is 9.37 Å². The van der Waals surface area contributed by atoms with Gasteiger partial charge in [0.25, 0.3) is 0 Å². The minimum atomic E-state index is -0.278. The molecule has 3 rings (SSSR count). The summed E-state index contributed by atoms with van der Waals surface area (Å²) in [5.74, 6) is -0.278. The van der Waals surface area contributed by atoms with Gasteiger partial charge in [0, 0.05) is 24.2 Å². The number of anilines is 1. The van der Waals surface area contributed by atoms with E-state index >= 15 is 0 Å². The first kappa shape index (κ1) is 14.8. The molecule has 2 aromatic rings. The summed E-state index contributed by atoms with van der Waals surface area (Å²) in [6.07, 6.45) is 1.71. The fourth-order valence-electron chi connectivity index (χ4n) is 2.30. The zero-order valence-corrected chi connectivity index (χ0v) is 12.6. The molecule has 22 heavy (non-hydrogen) atoms. The number of rotatable bonds is 3. The van der Waals surface area contributed by atoms with Crippen LogP contribution >= 0.6 is 11.8 Å². The number of ether oxygens (including phenoxy) is 1. The largest absolute Gasteiger partial charge is 0.378 e. The molecule has 1 fully saturated rings. The minimum Gasteiger partial charge on any atom is -0.378 e. The highest BCUT2D eigenvalue weighted by Crippen LogP contribution is 2.33. The standard InChI is InChI=1S/C16H14FN3OS/c17-12-1-3-13(4-2-12)22-16-14(11-18)15(5-6-19-16)20-7-9-21-10-8-20/h1-6H,7-10H2. The van der Waals surface area contributed by atoms with E-state index in [1.165, 1.54) is 23.9 Å². The summed E-state index contributed by atoms with van der Waals surface area (Å²) in [6.45, 7) is 2.85.